The van der Waals surface area contributed by atoms with Crippen molar-refractivity contribution >= 4 is 27.3 Å². The van der Waals surface area contributed by atoms with Crippen LogP contribution in [0.15, 0.2) is 47.4 Å². The molecule has 162 valence electrons. The fraction of sp³-hybridized carbons (Fsp3) is 0.409. The third kappa shape index (κ3) is 5.12. The maximum absolute atomic E-state index is 12.8. The summed E-state index contributed by atoms with van der Waals surface area (Å²) in [5.41, 5.74) is 2.72. The van der Waals surface area contributed by atoms with Crippen molar-refractivity contribution < 1.29 is 13.2 Å². The van der Waals surface area contributed by atoms with Crippen LogP contribution in [-0.2, 0) is 10.0 Å². The summed E-state index contributed by atoms with van der Waals surface area (Å²) in [6.45, 7) is 9.74. The number of hydrogen-bond donors (Lipinski definition) is 3. The van der Waals surface area contributed by atoms with Crippen molar-refractivity contribution in [1.29, 1.82) is 0 Å². The molecule has 3 rings (SSSR count). The van der Waals surface area contributed by atoms with Crippen LogP contribution in [-0.4, -0.2) is 47.0 Å². The number of amides is 1. The standard InChI is InChI=1S/C22H30N4O3S/c1-4-24-22(27)20-15-18(7-10-21(20)26-13-11-23-12-14-26)25-30(28,29)19-8-5-17(6-9-19)16(2)3/h5-10,15-16,23,25H,4,11-14H2,1-3H3,(H,24,27). The van der Waals surface area contributed by atoms with Crippen LogP contribution in [0, 0.1) is 0 Å². The number of rotatable bonds is 7. The van der Waals surface area contributed by atoms with Gasteiger partial charge < -0.3 is 15.5 Å². The van der Waals surface area contributed by atoms with E-state index in [0.717, 1.165) is 37.4 Å². The Morgan fingerprint density at radius 3 is 2.37 bits per heavy atom. The number of nitrogens with zero attached hydrogens (tertiary/aromatic N) is 1. The number of nitrogens with one attached hydrogen (secondary N) is 3. The van der Waals surface area contributed by atoms with Gasteiger partial charge in [-0.3, -0.25) is 9.52 Å². The highest BCUT2D eigenvalue weighted by molar-refractivity contribution is 7.92. The molecule has 0 bridgehead atoms. The Hall–Kier alpha value is -2.58. The zero-order chi connectivity index (χ0) is 21.7. The molecule has 8 heteroatoms. The summed E-state index contributed by atoms with van der Waals surface area (Å²) in [5, 5.41) is 6.12. The second-order valence-corrected chi connectivity index (χ2v) is 9.34. The predicted octanol–water partition coefficient (Wildman–Crippen LogP) is 2.77. The van der Waals surface area contributed by atoms with E-state index in [0.29, 0.717) is 23.7 Å². The molecule has 1 aliphatic heterocycles. The van der Waals surface area contributed by atoms with E-state index in [1.807, 2.05) is 25.1 Å². The first-order chi connectivity index (χ1) is 14.3. The lowest BCUT2D eigenvalue weighted by Gasteiger charge is -2.31. The van der Waals surface area contributed by atoms with Crippen LogP contribution in [0.4, 0.5) is 11.4 Å². The largest absolute Gasteiger partial charge is 0.368 e. The zero-order valence-electron chi connectivity index (χ0n) is 17.7. The number of carbonyl (C=O) groups is 1. The first-order valence-corrected chi connectivity index (χ1v) is 11.8. The predicted molar refractivity (Wildman–Crippen MR) is 121 cm³/mol. The minimum absolute atomic E-state index is 0.192. The van der Waals surface area contributed by atoms with Gasteiger partial charge in [0.15, 0.2) is 0 Å². The molecule has 0 radical (unpaired) electrons. The maximum atomic E-state index is 12.8. The molecule has 1 aliphatic rings. The van der Waals surface area contributed by atoms with Gasteiger partial charge in [0.2, 0.25) is 0 Å². The molecule has 1 saturated heterocycles. The van der Waals surface area contributed by atoms with Gasteiger partial charge in [0.05, 0.1) is 10.5 Å². The highest BCUT2D eigenvalue weighted by Gasteiger charge is 2.21. The number of carbonyl (C=O) groups excluding carboxylic acids is 1. The van der Waals surface area contributed by atoms with Crippen LogP contribution in [0.2, 0.25) is 0 Å². The van der Waals surface area contributed by atoms with Crippen LogP contribution in [0.3, 0.4) is 0 Å². The summed E-state index contributed by atoms with van der Waals surface area (Å²) in [4.78, 5) is 15.0. The molecule has 0 spiro atoms. The van der Waals surface area contributed by atoms with Crippen molar-refractivity contribution in [3.63, 3.8) is 0 Å². The smallest absolute Gasteiger partial charge is 0.261 e. The Balaban J connectivity index is 1.89. The van der Waals surface area contributed by atoms with E-state index in [9.17, 15) is 13.2 Å². The molecular weight excluding hydrogens is 400 g/mol. The number of benzene rings is 2. The van der Waals surface area contributed by atoms with Gasteiger partial charge in [-0.1, -0.05) is 26.0 Å². The summed E-state index contributed by atoms with van der Waals surface area (Å²) in [5.74, 6) is 0.111. The van der Waals surface area contributed by atoms with Gasteiger partial charge in [0.1, 0.15) is 0 Å². The molecular formula is C22H30N4O3S. The Morgan fingerprint density at radius 2 is 1.77 bits per heavy atom. The molecule has 1 amide bonds. The second-order valence-electron chi connectivity index (χ2n) is 7.66. The Labute approximate surface area is 178 Å². The third-order valence-electron chi connectivity index (χ3n) is 5.15. The van der Waals surface area contributed by atoms with Crippen molar-refractivity contribution in [2.24, 2.45) is 0 Å². The van der Waals surface area contributed by atoms with E-state index in [-0.39, 0.29) is 10.8 Å². The first-order valence-electron chi connectivity index (χ1n) is 10.3. The minimum atomic E-state index is -3.75. The maximum Gasteiger partial charge on any atom is 0.261 e. The highest BCUT2D eigenvalue weighted by atomic mass is 32.2. The lowest BCUT2D eigenvalue weighted by Crippen LogP contribution is -2.44. The van der Waals surface area contributed by atoms with Gasteiger partial charge in [-0.05, 0) is 48.7 Å². The molecule has 2 aromatic rings. The molecule has 0 atom stereocenters. The van der Waals surface area contributed by atoms with Crippen molar-refractivity contribution in [3.05, 3.63) is 53.6 Å². The molecule has 3 N–H and O–H groups in total. The average Bonchev–Trinajstić information content (AvgIpc) is 2.74. The fourth-order valence-electron chi connectivity index (χ4n) is 3.46. The van der Waals surface area contributed by atoms with Gasteiger partial charge in [0, 0.05) is 44.1 Å². The van der Waals surface area contributed by atoms with Gasteiger partial charge in [-0.2, -0.15) is 0 Å². The lowest BCUT2D eigenvalue weighted by atomic mass is 10.0. The van der Waals surface area contributed by atoms with Crippen molar-refractivity contribution in [1.82, 2.24) is 10.6 Å². The second kappa shape index (κ2) is 9.49. The van der Waals surface area contributed by atoms with Gasteiger partial charge in [0.25, 0.3) is 15.9 Å². The minimum Gasteiger partial charge on any atom is -0.368 e. The number of anilines is 2. The summed E-state index contributed by atoms with van der Waals surface area (Å²) in [7, 11) is -3.75. The van der Waals surface area contributed by atoms with E-state index in [1.54, 1.807) is 24.3 Å². The van der Waals surface area contributed by atoms with Crippen molar-refractivity contribution in [2.75, 3.05) is 42.3 Å². The Bertz CT molecular complexity index is 982. The van der Waals surface area contributed by atoms with E-state index in [4.69, 9.17) is 0 Å². The molecule has 2 aromatic carbocycles. The van der Waals surface area contributed by atoms with Crippen molar-refractivity contribution in [2.45, 2.75) is 31.6 Å². The van der Waals surface area contributed by atoms with E-state index >= 15 is 0 Å². The van der Waals surface area contributed by atoms with Crippen molar-refractivity contribution in [3.8, 4) is 0 Å². The fourth-order valence-corrected chi connectivity index (χ4v) is 4.51. The van der Waals surface area contributed by atoms with Crippen LogP contribution in [0.5, 0.6) is 0 Å². The van der Waals surface area contributed by atoms with Gasteiger partial charge in [-0.25, -0.2) is 8.42 Å². The van der Waals surface area contributed by atoms with Crippen LogP contribution >= 0.6 is 0 Å². The number of piperazine rings is 1. The molecule has 30 heavy (non-hydrogen) atoms. The summed E-state index contributed by atoms with van der Waals surface area (Å²) in [6.07, 6.45) is 0. The normalized spacial score (nSPS) is 14.6. The van der Waals surface area contributed by atoms with Crippen LogP contribution in [0.25, 0.3) is 0 Å². The monoisotopic (exact) mass is 430 g/mol. The SMILES string of the molecule is CCNC(=O)c1cc(NS(=O)(=O)c2ccc(C(C)C)cc2)ccc1N1CCNCC1. The lowest BCUT2D eigenvalue weighted by molar-refractivity contribution is 0.0956. The highest BCUT2D eigenvalue weighted by Crippen LogP contribution is 2.27. The Kier molecular flexibility index (Phi) is 6.99. The third-order valence-corrected chi connectivity index (χ3v) is 6.54. The summed E-state index contributed by atoms with van der Waals surface area (Å²) in [6, 6.07) is 12.0. The molecule has 0 aliphatic carbocycles. The molecule has 1 fully saturated rings. The summed E-state index contributed by atoms with van der Waals surface area (Å²) < 4.78 is 28.3. The Morgan fingerprint density at radius 1 is 1.10 bits per heavy atom. The van der Waals surface area contributed by atoms with Crippen LogP contribution in [0.1, 0.15) is 42.6 Å². The van der Waals surface area contributed by atoms with Crippen LogP contribution < -0.4 is 20.3 Å². The van der Waals surface area contributed by atoms with Gasteiger partial charge in [-0.15, -0.1) is 0 Å². The van der Waals surface area contributed by atoms with E-state index in [2.05, 4.69) is 34.1 Å². The zero-order valence-corrected chi connectivity index (χ0v) is 18.6. The average molecular weight is 431 g/mol. The molecule has 0 unspecified atom stereocenters. The number of sulfonamides is 1. The van der Waals surface area contributed by atoms with Gasteiger partial charge >= 0.3 is 0 Å². The molecule has 7 nitrogen and oxygen atoms in total. The quantitative estimate of drug-likeness (QED) is 0.628. The number of hydrogen-bond acceptors (Lipinski definition) is 5. The molecule has 1 heterocycles. The first kappa shape index (κ1) is 22.1. The molecule has 0 aromatic heterocycles. The topological polar surface area (TPSA) is 90.5 Å². The summed E-state index contributed by atoms with van der Waals surface area (Å²) >= 11 is 0. The molecule has 0 saturated carbocycles. The van der Waals surface area contributed by atoms with E-state index < -0.39 is 10.0 Å². The van der Waals surface area contributed by atoms with E-state index in [1.165, 1.54) is 0 Å².